The Labute approximate surface area is 107 Å². The minimum absolute atomic E-state index is 0.0322. The van der Waals surface area contributed by atoms with Crippen LogP contribution in [0.4, 0.5) is 0 Å². The molecule has 1 aromatic heterocycles. The molecule has 5 heteroatoms. The number of carbonyl (C=O) groups is 1. The van der Waals surface area contributed by atoms with Crippen LogP contribution in [0.5, 0.6) is 11.5 Å². The smallest absolute Gasteiger partial charge is 0.176 e. The molecule has 2 aromatic rings. The minimum atomic E-state index is -0.235. The maximum Gasteiger partial charge on any atom is 0.176 e. The summed E-state index contributed by atoms with van der Waals surface area (Å²) < 4.78 is 0.689. The highest BCUT2D eigenvalue weighted by Gasteiger charge is 2.20. The van der Waals surface area contributed by atoms with Crippen molar-refractivity contribution >= 4 is 38.8 Å². The van der Waals surface area contributed by atoms with E-state index in [9.17, 15) is 15.0 Å². The molecule has 0 amide bonds. The van der Waals surface area contributed by atoms with E-state index in [2.05, 4.69) is 0 Å². The molecule has 17 heavy (non-hydrogen) atoms. The molecule has 0 saturated carbocycles. The summed E-state index contributed by atoms with van der Waals surface area (Å²) >= 11 is 7.35. The first-order valence-electron chi connectivity index (χ1n) is 5.10. The summed E-state index contributed by atoms with van der Waals surface area (Å²) in [5.41, 5.74) is 0. The third kappa shape index (κ3) is 1.98. The van der Waals surface area contributed by atoms with Gasteiger partial charge in [-0.1, -0.05) is 25.4 Å². The second kappa shape index (κ2) is 4.20. The summed E-state index contributed by atoms with van der Waals surface area (Å²) in [6, 6.07) is 2.79. The standard InChI is InChI=1S/C12H11ClO3S/c1-5(2)11(16)12-10(13)6-3-7(14)8(15)4-9(6)17-12/h3-5,14-15H,1-2H3. The molecule has 1 heterocycles. The van der Waals surface area contributed by atoms with Gasteiger partial charge in [-0.2, -0.15) is 0 Å². The molecule has 0 fully saturated rings. The van der Waals surface area contributed by atoms with Crippen molar-refractivity contribution in [1.82, 2.24) is 0 Å². The van der Waals surface area contributed by atoms with Gasteiger partial charge in [0.25, 0.3) is 0 Å². The van der Waals surface area contributed by atoms with E-state index in [1.54, 1.807) is 13.8 Å². The molecule has 0 unspecified atom stereocenters. The summed E-state index contributed by atoms with van der Waals surface area (Å²) in [6.45, 7) is 3.61. The van der Waals surface area contributed by atoms with Crippen molar-refractivity contribution in [2.75, 3.05) is 0 Å². The summed E-state index contributed by atoms with van der Waals surface area (Å²) in [5.74, 6) is -0.613. The zero-order chi connectivity index (χ0) is 12.7. The molecule has 2 rings (SSSR count). The molecule has 0 saturated heterocycles. The van der Waals surface area contributed by atoms with Gasteiger partial charge in [0.05, 0.1) is 9.90 Å². The molecule has 0 bridgehead atoms. The number of thiophene rings is 1. The van der Waals surface area contributed by atoms with E-state index in [0.717, 1.165) is 0 Å². The fourth-order valence-corrected chi connectivity index (χ4v) is 3.13. The number of aromatic hydroxyl groups is 2. The lowest BCUT2D eigenvalue weighted by Crippen LogP contribution is -2.05. The molecule has 1 aromatic carbocycles. The topological polar surface area (TPSA) is 57.5 Å². The third-order valence-electron chi connectivity index (χ3n) is 2.47. The van der Waals surface area contributed by atoms with Crippen molar-refractivity contribution in [2.45, 2.75) is 13.8 Å². The number of hydrogen-bond acceptors (Lipinski definition) is 4. The van der Waals surface area contributed by atoms with Crippen LogP contribution in [0.3, 0.4) is 0 Å². The first-order chi connectivity index (χ1) is 7.91. The number of halogens is 1. The maximum atomic E-state index is 11.9. The lowest BCUT2D eigenvalue weighted by Gasteiger charge is -2.00. The van der Waals surface area contributed by atoms with Gasteiger partial charge in [0, 0.05) is 22.1 Å². The average molecular weight is 271 g/mol. The number of carbonyl (C=O) groups excluding carboxylic acids is 1. The number of rotatable bonds is 2. The highest BCUT2D eigenvalue weighted by Crippen LogP contribution is 2.41. The van der Waals surface area contributed by atoms with Crippen molar-refractivity contribution in [1.29, 1.82) is 0 Å². The van der Waals surface area contributed by atoms with Crippen molar-refractivity contribution in [3.63, 3.8) is 0 Å². The number of phenols is 2. The largest absolute Gasteiger partial charge is 0.504 e. The number of phenolic OH excluding ortho intramolecular Hbond substituents is 2. The normalized spacial score (nSPS) is 11.3. The molecule has 3 nitrogen and oxygen atoms in total. The monoisotopic (exact) mass is 270 g/mol. The molecule has 90 valence electrons. The van der Waals surface area contributed by atoms with E-state index in [4.69, 9.17) is 11.6 Å². The summed E-state index contributed by atoms with van der Waals surface area (Å²) in [5, 5.41) is 19.7. The Kier molecular flexibility index (Phi) is 3.02. The van der Waals surface area contributed by atoms with Gasteiger partial charge in [0.15, 0.2) is 17.3 Å². The summed E-state index contributed by atoms with van der Waals surface area (Å²) in [4.78, 5) is 12.4. The van der Waals surface area contributed by atoms with Crippen LogP contribution in [0.25, 0.3) is 10.1 Å². The second-order valence-corrected chi connectivity index (χ2v) is 5.53. The van der Waals surface area contributed by atoms with Gasteiger partial charge in [-0.05, 0) is 6.07 Å². The van der Waals surface area contributed by atoms with Crippen LogP contribution in [0.2, 0.25) is 5.02 Å². The fraction of sp³-hybridized carbons (Fsp3) is 0.250. The van der Waals surface area contributed by atoms with Crippen LogP contribution < -0.4 is 0 Å². The fourth-order valence-electron chi connectivity index (χ4n) is 1.51. The van der Waals surface area contributed by atoms with Gasteiger partial charge in [0.1, 0.15) is 0 Å². The van der Waals surface area contributed by atoms with Crippen molar-refractivity contribution in [3.8, 4) is 11.5 Å². The minimum Gasteiger partial charge on any atom is -0.504 e. The highest BCUT2D eigenvalue weighted by molar-refractivity contribution is 7.21. The predicted octanol–water partition coefficient (Wildman–Crippen LogP) is 3.80. The molecule has 0 aliphatic carbocycles. The third-order valence-corrected chi connectivity index (χ3v) is 4.14. The zero-order valence-corrected chi connectivity index (χ0v) is 10.9. The molecule has 0 aliphatic heterocycles. The molecular formula is C12H11ClO3S. The number of ketones is 1. The Balaban J connectivity index is 2.69. The molecule has 0 atom stereocenters. The van der Waals surface area contributed by atoms with Crippen molar-refractivity contribution < 1.29 is 15.0 Å². The average Bonchev–Trinajstić information content (AvgIpc) is 2.56. The van der Waals surface area contributed by atoms with E-state index >= 15 is 0 Å². The summed E-state index contributed by atoms with van der Waals surface area (Å²) in [6.07, 6.45) is 0. The quantitative estimate of drug-likeness (QED) is 0.644. The highest BCUT2D eigenvalue weighted by atomic mass is 35.5. The van der Waals surface area contributed by atoms with Gasteiger partial charge in [-0.15, -0.1) is 11.3 Å². The number of fused-ring (bicyclic) bond motifs is 1. The number of Topliss-reactive ketones (excluding diaryl/α,β-unsaturated/α-hetero) is 1. The van der Waals surface area contributed by atoms with Crippen molar-refractivity contribution in [2.24, 2.45) is 5.92 Å². The van der Waals surface area contributed by atoms with E-state index in [1.807, 2.05) is 0 Å². The van der Waals surface area contributed by atoms with Crippen LogP contribution in [0.15, 0.2) is 12.1 Å². The Bertz CT molecular complexity index is 601. The summed E-state index contributed by atoms with van der Waals surface area (Å²) in [7, 11) is 0. The molecule has 0 spiro atoms. The SMILES string of the molecule is CC(C)C(=O)c1sc2cc(O)c(O)cc2c1Cl. The first-order valence-corrected chi connectivity index (χ1v) is 6.29. The lowest BCUT2D eigenvalue weighted by molar-refractivity contribution is 0.0943. The van der Waals surface area contributed by atoms with Gasteiger partial charge in [-0.25, -0.2) is 0 Å². The van der Waals surface area contributed by atoms with Crippen LogP contribution in [0.1, 0.15) is 23.5 Å². The van der Waals surface area contributed by atoms with Crippen LogP contribution in [-0.4, -0.2) is 16.0 Å². The van der Waals surface area contributed by atoms with E-state index in [1.165, 1.54) is 23.5 Å². The molecule has 0 aliphatic rings. The van der Waals surface area contributed by atoms with Gasteiger partial charge >= 0.3 is 0 Å². The molecule has 2 N–H and O–H groups in total. The number of hydrogen-bond donors (Lipinski definition) is 2. The van der Waals surface area contributed by atoms with Gasteiger partial charge in [-0.3, -0.25) is 4.79 Å². The number of benzene rings is 1. The van der Waals surface area contributed by atoms with E-state index < -0.39 is 0 Å². The maximum absolute atomic E-state index is 11.9. The molecule has 0 radical (unpaired) electrons. The van der Waals surface area contributed by atoms with Crippen molar-refractivity contribution in [3.05, 3.63) is 22.0 Å². The van der Waals surface area contributed by atoms with E-state index in [0.29, 0.717) is 20.0 Å². The van der Waals surface area contributed by atoms with Gasteiger partial charge < -0.3 is 10.2 Å². The van der Waals surface area contributed by atoms with E-state index in [-0.39, 0.29) is 23.2 Å². The van der Waals surface area contributed by atoms with Crippen LogP contribution in [0, 0.1) is 5.92 Å². The van der Waals surface area contributed by atoms with Crippen LogP contribution in [-0.2, 0) is 0 Å². The predicted molar refractivity (Wildman–Crippen MR) is 69.3 cm³/mol. The molecular weight excluding hydrogens is 260 g/mol. The Morgan fingerprint density at radius 1 is 1.29 bits per heavy atom. The Morgan fingerprint density at radius 2 is 1.88 bits per heavy atom. The zero-order valence-electron chi connectivity index (χ0n) is 9.32. The Hall–Kier alpha value is -1.26. The lowest BCUT2D eigenvalue weighted by atomic mass is 10.1. The Morgan fingerprint density at radius 3 is 2.47 bits per heavy atom. The van der Waals surface area contributed by atoms with Gasteiger partial charge in [0.2, 0.25) is 0 Å². The van der Waals surface area contributed by atoms with Crippen LogP contribution >= 0.6 is 22.9 Å². The first kappa shape index (κ1) is 12.2. The second-order valence-electron chi connectivity index (χ2n) is 4.10.